The molecule has 1 aliphatic carbocycles. The van der Waals surface area contributed by atoms with E-state index in [1.807, 2.05) is 12.1 Å². The van der Waals surface area contributed by atoms with Gasteiger partial charge in [-0.25, -0.2) is 4.99 Å². The number of amidine groups is 1. The lowest BCUT2D eigenvalue weighted by Gasteiger charge is -2.33. The van der Waals surface area contributed by atoms with Crippen molar-refractivity contribution in [2.24, 2.45) is 10.7 Å². The Morgan fingerprint density at radius 1 is 1.32 bits per heavy atom. The van der Waals surface area contributed by atoms with Crippen LogP contribution in [0.5, 0.6) is 0 Å². The Morgan fingerprint density at radius 3 is 2.74 bits per heavy atom. The number of hydrogen-bond acceptors (Lipinski definition) is 6. The number of nitrogens with one attached hydrogen (secondary N) is 1. The molecular weight excluding hydrogens is 434 g/mol. The molecule has 2 amide bonds. The molecule has 1 aliphatic heterocycles. The van der Waals surface area contributed by atoms with E-state index in [1.165, 1.54) is 11.8 Å². The van der Waals surface area contributed by atoms with Crippen LogP contribution in [0.25, 0.3) is 5.57 Å². The number of likely N-dealkylation sites (tertiary alicyclic amines) is 1. The van der Waals surface area contributed by atoms with Crippen LogP contribution in [0.3, 0.4) is 0 Å². The van der Waals surface area contributed by atoms with E-state index in [0.717, 1.165) is 55.7 Å². The number of amides is 2. The molecule has 0 saturated carbocycles. The SMILES string of the molecule is N#C/C=C/N=C(N)C(=O)Nc1ccc(C2CCN(C(=O)C(O)CO)CC2)cc1C1=CCCCC1. The second-order valence-electron chi connectivity index (χ2n) is 8.49. The summed E-state index contributed by atoms with van der Waals surface area (Å²) in [6.07, 6.45) is 8.80. The number of anilines is 1. The van der Waals surface area contributed by atoms with Gasteiger partial charge < -0.3 is 26.2 Å². The smallest absolute Gasteiger partial charge is 0.290 e. The zero-order valence-electron chi connectivity index (χ0n) is 19.1. The molecule has 0 spiro atoms. The number of carbonyl (C=O) groups is 2. The van der Waals surface area contributed by atoms with E-state index >= 15 is 0 Å². The summed E-state index contributed by atoms with van der Waals surface area (Å²) < 4.78 is 0. The quantitative estimate of drug-likeness (QED) is 0.287. The van der Waals surface area contributed by atoms with Crippen LogP contribution in [0.2, 0.25) is 0 Å². The van der Waals surface area contributed by atoms with Gasteiger partial charge in [0.2, 0.25) is 0 Å². The number of aliphatic hydroxyl groups is 2. The predicted molar refractivity (Wildman–Crippen MR) is 130 cm³/mol. The Kier molecular flexibility index (Phi) is 8.96. The lowest BCUT2D eigenvalue weighted by molar-refractivity contribution is -0.143. The van der Waals surface area contributed by atoms with Crippen LogP contribution in [0.4, 0.5) is 5.69 Å². The first-order valence-corrected chi connectivity index (χ1v) is 11.5. The molecule has 0 aromatic heterocycles. The van der Waals surface area contributed by atoms with Crippen LogP contribution in [-0.2, 0) is 9.59 Å². The Balaban J connectivity index is 1.80. The minimum absolute atomic E-state index is 0.235. The molecule has 1 atom stereocenters. The van der Waals surface area contributed by atoms with Crippen LogP contribution in [-0.4, -0.2) is 58.6 Å². The maximum absolute atomic E-state index is 12.5. The third kappa shape index (κ3) is 6.31. The first-order valence-electron chi connectivity index (χ1n) is 11.5. The van der Waals surface area contributed by atoms with E-state index in [2.05, 4.69) is 22.5 Å². The minimum Gasteiger partial charge on any atom is -0.393 e. The average molecular weight is 466 g/mol. The molecule has 9 heteroatoms. The van der Waals surface area contributed by atoms with Crippen molar-refractivity contribution in [1.82, 2.24) is 4.90 Å². The number of benzene rings is 1. The van der Waals surface area contributed by atoms with Crippen molar-refractivity contribution < 1.29 is 19.8 Å². The second-order valence-corrected chi connectivity index (χ2v) is 8.49. The van der Waals surface area contributed by atoms with Crippen molar-refractivity contribution in [2.75, 3.05) is 25.0 Å². The summed E-state index contributed by atoms with van der Waals surface area (Å²) >= 11 is 0. The van der Waals surface area contributed by atoms with E-state index in [9.17, 15) is 14.7 Å². The Hall–Kier alpha value is -3.48. The van der Waals surface area contributed by atoms with Crippen molar-refractivity contribution in [3.8, 4) is 6.07 Å². The number of carbonyl (C=O) groups excluding carboxylic acids is 2. The molecule has 1 aromatic rings. The summed E-state index contributed by atoms with van der Waals surface area (Å²) in [5.74, 6) is -0.967. The molecular formula is C25H31N5O4. The molecule has 1 saturated heterocycles. The van der Waals surface area contributed by atoms with Gasteiger partial charge in [-0.3, -0.25) is 9.59 Å². The molecule has 3 rings (SSSR count). The molecule has 0 bridgehead atoms. The van der Waals surface area contributed by atoms with Gasteiger partial charge in [0.25, 0.3) is 11.8 Å². The fourth-order valence-electron chi connectivity index (χ4n) is 4.39. The molecule has 5 N–H and O–H groups in total. The number of piperidine rings is 1. The molecule has 1 heterocycles. The van der Waals surface area contributed by atoms with Gasteiger partial charge in [0.05, 0.1) is 12.7 Å². The number of allylic oxidation sites excluding steroid dienone is 3. The van der Waals surface area contributed by atoms with Crippen LogP contribution in [0, 0.1) is 11.3 Å². The number of aliphatic imine (C=N–C) groups is 1. The molecule has 180 valence electrons. The van der Waals surface area contributed by atoms with Gasteiger partial charge in [0.15, 0.2) is 11.9 Å². The van der Waals surface area contributed by atoms with Crippen LogP contribution in [0.1, 0.15) is 55.6 Å². The largest absolute Gasteiger partial charge is 0.393 e. The molecule has 2 aliphatic rings. The zero-order valence-corrected chi connectivity index (χ0v) is 19.1. The highest BCUT2D eigenvalue weighted by Gasteiger charge is 2.28. The summed E-state index contributed by atoms with van der Waals surface area (Å²) in [6.45, 7) is 0.453. The first kappa shape index (κ1) is 25.1. The molecule has 9 nitrogen and oxygen atoms in total. The Bertz CT molecular complexity index is 1030. The summed E-state index contributed by atoms with van der Waals surface area (Å²) in [5.41, 5.74) is 9.68. The Morgan fingerprint density at radius 2 is 2.09 bits per heavy atom. The summed E-state index contributed by atoms with van der Waals surface area (Å²) in [4.78, 5) is 30.1. The topological polar surface area (TPSA) is 152 Å². The van der Waals surface area contributed by atoms with E-state index in [-0.39, 0.29) is 11.8 Å². The van der Waals surface area contributed by atoms with Gasteiger partial charge >= 0.3 is 0 Å². The maximum Gasteiger partial charge on any atom is 0.290 e. The fraction of sp³-hybridized carbons (Fsp3) is 0.440. The third-order valence-electron chi connectivity index (χ3n) is 6.26. The first-order chi connectivity index (χ1) is 16.4. The van der Waals surface area contributed by atoms with Crippen molar-refractivity contribution in [3.05, 3.63) is 47.7 Å². The summed E-state index contributed by atoms with van der Waals surface area (Å²) in [5, 5.41) is 30.1. The molecule has 1 fully saturated rings. The molecule has 1 aromatic carbocycles. The van der Waals surface area contributed by atoms with Gasteiger partial charge in [0.1, 0.15) is 0 Å². The summed E-state index contributed by atoms with van der Waals surface area (Å²) in [6, 6.07) is 7.76. The highest BCUT2D eigenvalue weighted by Crippen LogP contribution is 2.36. The van der Waals surface area contributed by atoms with Crippen molar-refractivity contribution >= 4 is 28.9 Å². The lowest BCUT2D eigenvalue weighted by Crippen LogP contribution is -2.44. The van der Waals surface area contributed by atoms with Gasteiger partial charge in [-0.2, -0.15) is 5.26 Å². The summed E-state index contributed by atoms with van der Waals surface area (Å²) in [7, 11) is 0. The average Bonchev–Trinajstić information content (AvgIpc) is 2.88. The van der Waals surface area contributed by atoms with Crippen LogP contribution < -0.4 is 11.1 Å². The number of hydrogen-bond donors (Lipinski definition) is 4. The van der Waals surface area contributed by atoms with Gasteiger partial charge in [0, 0.05) is 36.6 Å². The maximum atomic E-state index is 12.5. The van der Waals surface area contributed by atoms with E-state index in [1.54, 1.807) is 11.0 Å². The number of rotatable bonds is 6. The second kappa shape index (κ2) is 12.1. The van der Waals surface area contributed by atoms with Crippen molar-refractivity contribution in [2.45, 2.75) is 50.5 Å². The Labute approximate surface area is 199 Å². The highest BCUT2D eigenvalue weighted by molar-refractivity contribution is 6.41. The lowest BCUT2D eigenvalue weighted by atomic mass is 9.85. The molecule has 0 radical (unpaired) electrons. The van der Waals surface area contributed by atoms with Crippen molar-refractivity contribution in [3.63, 3.8) is 0 Å². The monoisotopic (exact) mass is 465 g/mol. The zero-order chi connectivity index (χ0) is 24.5. The molecule has 34 heavy (non-hydrogen) atoms. The number of nitrogens with zero attached hydrogens (tertiary/aromatic N) is 3. The van der Waals surface area contributed by atoms with Crippen LogP contribution in [0.15, 0.2) is 41.5 Å². The number of nitrogens with two attached hydrogens (primary N) is 1. The predicted octanol–water partition coefficient (Wildman–Crippen LogP) is 2.04. The van der Waals surface area contributed by atoms with Gasteiger partial charge in [-0.15, -0.1) is 0 Å². The van der Waals surface area contributed by atoms with E-state index in [0.29, 0.717) is 18.8 Å². The van der Waals surface area contributed by atoms with E-state index in [4.69, 9.17) is 16.1 Å². The minimum atomic E-state index is -1.37. The third-order valence-corrected chi connectivity index (χ3v) is 6.26. The van der Waals surface area contributed by atoms with Gasteiger partial charge in [-0.05, 0) is 67.7 Å². The van der Waals surface area contributed by atoms with Crippen LogP contribution >= 0.6 is 0 Å². The number of aliphatic hydroxyl groups excluding tert-OH is 2. The number of nitriles is 1. The standard InChI is InChI=1S/C25H31N5O4/c26-11-4-12-28-23(27)24(33)29-21-8-7-19(15-20(21)18-5-2-1-3-6-18)17-9-13-30(14-10-17)25(34)22(32)16-31/h4-5,7-8,12,15,17,22,31-32H,1-3,6,9-10,13-14,16H2,(H2,27,28)(H,29,33)/b12-4+. The highest BCUT2D eigenvalue weighted by atomic mass is 16.3. The van der Waals surface area contributed by atoms with E-state index < -0.39 is 24.5 Å². The molecule has 1 unspecified atom stereocenters. The van der Waals surface area contributed by atoms with Crippen molar-refractivity contribution in [1.29, 1.82) is 5.26 Å². The normalized spacial score (nSPS) is 18.3. The fourth-order valence-corrected chi connectivity index (χ4v) is 4.39. The van der Waals surface area contributed by atoms with Gasteiger partial charge in [-0.1, -0.05) is 12.1 Å².